The Morgan fingerprint density at radius 2 is 2.16 bits per heavy atom. The van der Waals surface area contributed by atoms with Crippen LogP contribution in [0.25, 0.3) is 0 Å². The molecule has 1 aromatic carbocycles. The third kappa shape index (κ3) is 4.36. The summed E-state index contributed by atoms with van der Waals surface area (Å²) in [6.45, 7) is 3.27. The van der Waals surface area contributed by atoms with E-state index < -0.39 is 5.82 Å². The molecule has 1 unspecified atom stereocenters. The van der Waals surface area contributed by atoms with Crippen molar-refractivity contribution in [3.8, 4) is 0 Å². The fourth-order valence-corrected chi connectivity index (χ4v) is 2.63. The van der Waals surface area contributed by atoms with Crippen molar-refractivity contribution in [3.63, 3.8) is 0 Å². The van der Waals surface area contributed by atoms with Gasteiger partial charge < -0.3 is 9.73 Å². The lowest BCUT2D eigenvalue weighted by atomic mass is 10.3. The van der Waals surface area contributed by atoms with Crippen LogP contribution in [0.1, 0.15) is 12.7 Å². The van der Waals surface area contributed by atoms with Gasteiger partial charge in [0, 0.05) is 16.7 Å². The molecule has 0 saturated heterocycles. The summed E-state index contributed by atoms with van der Waals surface area (Å²) in [6.07, 6.45) is 1.62. The van der Waals surface area contributed by atoms with Crippen molar-refractivity contribution >= 4 is 11.8 Å². The molecule has 0 bridgehead atoms. The summed E-state index contributed by atoms with van der Waals surface area (Å²) < 4.78 is 31.7. The van der Waals surface area contributed by atoms with Crippen LogP contribution < -0.4 is 5.32 Å². The monoisotopic (exact) mass is 283 g/mol. The van der Waals surface area contributed by atoms with Crippen molar-refractivity contribution in [1.29, 1.82) is 0 Å². The highest BCUT2D eigenvalue weighted by Gasteiger charge is 2.09. The molecule has 1 N–H and O–H groups in total. The smallest absolute Gasteiger partial charge is 0.136 e. The van der Waals surface area contributed by atoms with Crippen molar-refractivity contribution in [2.75, 3.05) is 6.54 Å². The van der Waals surface area contributed by atoms with Crippen molar-refractivity contribution in [2.45, 2.75) is 23.6 Å². The maximum absolute atomic E-state index is 13.5. The summed E-state index contributed by atoms with van der Waals surface area (Å²) in [6, 6.07) is 7.22. The first kappa shape index (κ1) is 14.1. The molecule has 0 amide bonds. The van der Waals surface area contributed by atoms with Crippen molar-refractivity contribution < 1.29 is 13.2 Å². The van der Waals surface area contributed by atoms with Gasteiger partial charge in [0.2, 0.25) is 0 Å². The predicted molar refractivity (Wildman–Crippen MR) is 72.1 cm³/mol. The molecule has 1 atom stereocenters. The van der Waals surface area contributed by atoms with E-state index in [0.717, 1.165) is 17.9 Å². The van der Waals surface area contributed by atoms with Crippen molar-refractivity contribution in [3.05, 3.63) is 54.0 Å². The molecule has 2 rings (SSSR count). The van der Waals surface area contributed by atoms with Crippen molar-refractivity contribution in [1.82, 2.24) is 5.32 Å². The zero-order valence-electron chi connectivity index (χ0n) is 10.5. The van der Waals surface area contributed by atoms with Gasteiger partial charge in [0.25, 0.3) is 0 Å². The molecule has 0 aliphatic rings. The van der Waals surface area contributed by atoms with Crippen LogP contribution in [-0.2, 0) is 6.54 Å². The molecular formula is C14H15F2NOS. The fraction of sp³-hybridized carbons (Fsp3) is 0.286. The second kappa shape index (κ2) is 6.73. The first-order valence-electron chi connectivity index (χ1n) is 6.00. The first-order chi connectivity index (χ1) is 9.15. The minimum atomic E-state index is -0.417. The van der Waals surface area contributed by atoms with Crippen LogP contribution in [0.2, 0.25) is 0 Å². The van der Waals surface area contributed by atoms with Crippen LogP contribution in [-0.4, -0.2) is 11.8 Å². The summed E-state index contributed by atoms with van der Waals surface area (Å²) in [4.78, 5) is 0.340. The molecule has 1 heterocycles. The van der Waals surface area contributed by atoms with Crippen LogP contribution >= 0.6 is 11.8 Å². The zero-order valence-corrected chi connectivity index (χ0v) is 11.3. The van der Waals surface area contributed by atoms with Gasteiger partial charge in [-0.3, -0.25) is 0 Å². The fourth-order valence-electron chi connectivity index (χ4n) is 1.64. The van der Waals surface area contributed by atoms with Crippen molar-refractivity contribution in [2.24, 2.45) is 0 Å². The van der Waals surface area contributed by atoms with Gasteiger partial charge in [-0.25, -0.2) is 8.78 Å². The van der Waals surface area contributed by atoms with Gasteiger partial charge in [-0.2, -0.15) is 0 Å². The molecule has 0 spiro atoms. The number of furan rings is 1. The van der Waals surface area contributed by atoms with Gasteiger partial charge in [-0.15, -0.1) is 11.8 Å². The number of halogens is 2. The molecule has 0 aliphatic carbocycles. The first-order valence-corrected chi connectivity index (χ1v) is 6.88. The van der Waals surface area contributed by atoms with Gasteiger partial charge in [0.05, 0.1) is 12.8 Å². The Bertz CT molecular complexity index is 516. The second-order valence-electron chi connectivity index (χ2n) is 4.21. The molecule has 1 aromatic heterocycles. The third-order valence-corrected chi connectivity index (χ3v) is 3.67. The lowest BCUT2D eigenvalue weighted by Crippen LogP contribution is -2.22. The highest BCUT2D eigenvalue weighted by Crippen LogP contribution is 2.26. The van der Waals surface area contributed by atoms with E-state index in [2.05, 4.69) is 5.32 Å². The molecule has 2 aromatic rings. The summed E-state index contributed by atoms with van der Waals surface area (Å²) in [7, 11) is 0. The SMILES string of the molecule is CC(CNCc1ccco1)Sc1cc(F)ccc1F. The summed E-state index contributed by atoms with van der Waals surface area (Å²) in [5.41, 5.74) is 0. The number of hydrogen-bond donors (Lipinski definition) is 1. The molecule has 0 aliphatic heterocycles. The normalized spacial score (nSPS) is 12.6. The maximum Gasteiger partial charge on any atom is 0.136 e. The molecule has 0 fully saturated rings. The Kier molecular flexibility index (Phi) is 4.99. The lowest BCUT2D eigenvalue weighted by molar-refractivity contribution is 0.484. The largest absolute Gasteiger partial charge is 0.468 e. The lowest BCUT2D eigenvalue weighted by Gasteiger charge is -2.12. The highest BCUT2D eigenvalue weighted by molar-refractivity contribution is 8.00. The Morgan fingerprint density at radius 1 is 1.32 bits per heavy atom. The van der Waals surface area contributed by atoms with Crippen LogP contribution in [0, 0.1) is 11.6 Å². The van der Waals surface area contributed by atoms with Gasteiger partial charge in [-0.1, -0.05) is 6.92 Å². The minimum absolute atomic E-state index is 0.131. The number of benzene rings is 1. The van der Waals surface area contributed by atoms with Crippen LogP contribution in [0.4, 0.5) is 8.78 Å². The highest BCUT2D eigenvalue weighted by atomic mass is 32.2. The van der Waals surface area contributed by atoms with Crippen LogP contribution in [0.5, 0.6) is 0 Å². The molecule has 0 saturated carbocycles. The Balaban J connectivity index is 1.80. The number of thioether (sulfide) groups is 1. The second-order valence-corrected chi connectivity index (χ2v) is 5.69. The van der Waals surface area contributed by atoms with Crippen LogP contribution in [0.15, 0.2) is 45.9 Å². The molecule has 19 heavy (non-hydrogen) atoms. The van der Waals surface area contributed by atoms with Gasteiger partial charge in [0.15, 0.2) is 0 Å². The third-order valence-electron chi connectivity index (χ3n) is 2.53. The molecule has 2 nitrogen and oxygen atoms in total. The Labute approximate surface area is 115 Å². The minimum Gasteiger partial charge on any atom is -0.468 e. The topological polar surface area (TPSA) is 25.2 Å². The van der Waals surface area contributed by atoms with E-state index in [1.807, 2.05) is 19.1 Å². The Hall–Kier alpha value is -1.33. The van der Waals surface area contributed by atoms with E-state index in [1.54, 1.807) is 6.26 Å². The van der Waals surface area contributed by atoms with Crippen LogP contribution in [0.3, 0.4) is 0 Å². The average molecular weight is 283 g/mol. The number of nitrogens with one attached hydrogen (secondary N) is 1. The number of hydrogen-bond acceptors (Lipinski definition) is 3. The van der Waals surface area contributed by atoms with Gasteiger partial charge >= 0.3 is 0 Å². The maximum atomic E-state index is 13.5. The van der Waals surface area contributed by atoms with E-state index in [4.69, 9.17) is 4.42 Å². The standard InChI is InChI=1S/C14H15F2NOS/c1-10(8-17-9-12-3-2-6-18-12)19-14-7-11(15)4-5-13(14)16/h2-7,10,17H,8-9H2,1H3. The van der Waals surface area contributed by atoms with E-state index >= 15 is 0 Å². The average Bonchev–Trinajstić information content (AvgIpc) is 2.87. The van der Waals surface area contributed by atoms with E-state index in [9.17, 15) is 8.78 Å². The summed E-state index contributed by atoms with van der Waals surface area (Å²) in [5, 5.41) is 3.34. The van der Waals surface area contributed by atoms with Gasteiger partial charge in [0.1, 0.15) is 17.4 Å². The van der Waals surface area contributed by atoms with E-state index in [1.165, 1.54) is 17.8 Å². The Morgan fingerprint density at radius 3 is 2.89 bits per heavy atom. The predicted octanol–water partition coefficient (Wildman–Crippen LogP) is 3.83. The molecule has 5 heteroatoms. The van der Waals surface area contributed by atoms with E-state index in [0.29, 0.717) is 18.0 Å². The summed E-state index contributed by atoms with van der Waals surface area (Å²) in [5.74, 6) is 0.0538. The molecule has 0 radical (unpaired) electrons. The zero-order chi connectivity index (χ0) is 13.7. The van der Waals surface area contributed by atoms with E-state index in [-0.39, 0.29) is 11.1 Å². The summed E-state index contributed by atoms with van der Waals surface area (Å²) >= 11 is 1.31. The quantitative estimate of drug-likeness (QED) is 0.816. The molecule has 102 valence electrons. The van der Waals surface area contributed by atoms with Gasteiger partial charge in [-0.05, 0) is 30.3 Å². The molecular weight excluding hydrogens is 268 g/mol. The number of rotatable bonds is 6.